The summed E-state index contributed by atoms with van der Waals surface area (Å²) in [7, 11) is 0. The monoisotopic (exact) mass is 389 g/mol. The summed E-state index contributed by atoms with van der Waals surface area (Å²) in [6.07, 6.45) is 1.19. The predicted molar refractivity (Wildman–Crippen MR) is 99.7 cm³/mol. The molecule has 24 heavy (non-hydrogen) atoms. The molecular weight excluding hydrogens is 372 g/mol. The van der Waals surface area contributed by atoms with Crippen LogP contribution in [0.1, 0.15) is 23.9 Å². The molecule has 0 aliphatic carbocycles. The SMILES string of the molecule is CC[C@H](N)Cc1[nH]c2nc(Cl)nc(NCc3cccs3)c2c1F.Cl. The second-order valence-corrected chi connectivity index (χ2v) is 6.66. The van der Waals surface area contributed by atoms with Crippen LogP contribution in [-0.4, -0.2) is 21.0 Å². The van der Waals surface area contributed by atoms with E-state index < -0.39 is 0 Å². The molecular formula is C15H18Cl2FN5S. The number of hydrogen-bond acceptors (Lipinski definition) is 5. The van der Waals surface area contributed by atoms with Crippen LogP contribution >= 0.6 is 35.3 Å². The van der Waals surface area contributed by atoms with Gasteiger partial charge < -0.3 is 16.0 Å². The Morgan fingerprint density at radius 2 is 2.25 bits per heavy atom. The average Bonchev–Trinajstić information content (AvgIpc) is 3.14. The molecule has 3 aromatic rings. The van der Waals surface area contributed by atoms with Crippen LogP contribution in [0, 0.1) is 5.82 Å². The summed E-state index contributed by atoms with van der Waals surface area (Å²) in [5, 5.41) is 5.51. The van der Waals surface area contributed by atoms with Crippen LogP contribution in [0.15, 0.2) is 17.5 Å². The van der Waals surface area contributed by atoms with Crippen molar-refractivity contribution in [3.05, 3.63) is 39.2 Å². The summed E-state index contributed by atoms with van der Waals surface area (Å²) in [6, 6.07) is 3.85. The standard InChI is InChI=1S/C15H17ClFN5S.ClH/c1-2-8(18)6-10-12(17)11-13(19-7-9-4-3-5-23-9)21-15(16)22-14(11)20-10;/h3-5,8H,2,6-7,18H2,1H3,(H2,19,20,21,22);1H/t8-;/m0./s1. The number of nitrogens with two attached hydrogens (primary N) is 1. The lowest BCUT2D eigenvalue weighted by Gasteiger charge is -2.07. The van der Waals surface area contributed by atoms with Crippen LogP contribution in [0.25, 0.3) is 11.0 Å². The number of anilines is 1. The molecule has 0 aliphatic rings. The van der Waals surface area contributed by atoms with E-state index in [0.717, 1.165) is 11.3 Å². The molecule has 0 aliphatic heterocycles. The molecule has 0 amide bonds. The van der Waals surface area contributed by atoms with Crippen LogP contribution in [-0.2, 0) is 13.0 Å². The Hall–Kier alpha value is -1.41. The van der Waals surface area contributed by atoms with Crippen molar-refractivity contribution in [3.8, 4) is 0 Å². The van der Waals surface area contributed by atoms with E-state index in [2.05, 4.69) is 20.3 Å². The molecule has 0 saturated heterocycles. The Kier molecular flexibility index (Phi) is 6.40. The van der Waals surface area contributed by atoms with Gasteiger partial charge in [-0.15, -0.1) is 23.7 Å². The minimum atomic E-state index is -0.366. The third-order valence-corrected chi connectivity index (χ3v) is 4.68. The van der Waals surface area contributed by atoms with Crippen LogP contribution in [0.4, 0.5) is 10.2 Å². The van der Waals surface area contributed by atoms with Gasteiger partial charge in [-0.25, -0.2) is 4.39 Å². The van der Waals surface area contributed by atoms with E-state index in [0.29, 0.717) is 35.5 Å². The van der Waals surface area contributed by atoms with Gasteiger partial charge in [0.25, 0.3) is 0 Å². The summed E-state index contributed by atoms with van der Waals surface area (Å²) in [6.45, 7) is 2.52. The van der Waals surface area contributed by atoms with Crippen LogP contribution in [0.5, 0.6) is 0 Å². The van der Waals surface area contributed by atoms with Gasteiger partial charge in [0, 0.05) is 17.3 Å². The Morgan fingerprint density at radius 1 is 1.46 bits per heavy atom. The Balaban J connectivity index is 0.00000208. The van der Waals surface area contributed by atoms with E-state index in [4.69, 9.17) is 17.3 Å². The highest BCUT2D eigenvalue weighted by Gasteiger charge is 2.19. The van der Waals surface area contributed by atoms with Crippen molar-refractivity contribution in [2.24, 2.45) is 5.73 Å². The largest absolute Gasteiger partial charge is 0.364 e. The van der Waals surface area contributed by atoms with Crippen LogP contribution in [0.3, 0.4) is 0 Å². The number of thiophene rings is 1. The number of H-pyrrole nitrogens is 1. The zero-order chi connectivity index (χ0) is 16.4. The van der Waals surface area contributed by atoms with E-state index in [1.807, 2.05) is 24.4 Å². The fourth-order valence-electron chi connectivity index (χ4n) is 2.34. The number of aromatic nitrogens is 3. The molecule has 3 aromatic heterocycles. The lowest BCUT2D eigenvalue weighted by Crippen LogP contribution is -2.22. The molecule has 3 heterocycles. The lowest BCUT2D eigenvalue weighted by atomic mass is 10.1. The summed E-state index contributed by atoms with van der Waals surface area (Å²) in [5.41, 5.74) is 6.74. The molecule has 5 nitrogen and oxygen atoms in total. The first kappa shape index (κ1) is 18.9. The first-order valence-corrected chi connectivity index (χ1v) is 8.59. The third-order valence-electron chi connectivity index (χ3n) is 3.64. The molecule has 0 bridgehead atoms. The topological polar surface area (TPSA) is 79.6 Å². The maximum Gasteiger partial charge on any atom is 0.226 e. The number of fused-ring (bicyclic) bond motifs is 1. The minimum Gasteiger partial charge on any atom is -0.364 e. The van der Waals surface area contributed by atoms with Gasteiger partial charge in [-0.1, -0.05) is 13.0 Å². The molecule has 0 saturated carbocycles. The van der Waals surface area contributed by atoms with Gasteiger partial charge >= 0.3 is 0 Å². The van der Waals surface area contributed by atoms with Gasteiger partial charge in [-0.05, 0) is 29.5 Å². The van der Waals surface area contributed by atoms with Gasteiger partial charge in [0.2, 0.25) is 5.28 Å². The van der Waals surface area contributed by atoms with Crippen LogP contribution < -0.4 is 11.1 Å². The van der Waals surface area contributed by atoms with E-state index in [1.54, 1.807) is 11.3 Å². The molecule has 130 valence electrons. The van der Waals surface area contributed by atoms with E-state index >= 15 is 0 Å². The molecule has 0 radical (unpaired) electrons. The molecule has 4 N–H and O–H groups in total. The number of aromatic amines is 1. The Bertz CT molecular complexity index is 806. The van der Waals surface area contributed by atoms with Gasteiger partial charge in [0.05, 0.1) is 17.6 Å². The number of nitrogens with one attached hydrogen (secondary N) is 2. The second-order valence-electron chi connectivity index (χ2n) is 5.29. The number of nitrogens with zero attached hydrogens (tertiary/aromatic N) is 2. The summed E-state index contributed by atoms with van der Waals surface area (Å²) < 4.78 is 14.7. The van der Waals surface area contributed by atoms with Gasteiger partial charge in [0.1, 0.15) is 11.5 Å². The van der Waals surface area contributed by atoms with Crippen molar-refractivity contribution in [1.82, 2.24) is 15.0 Å². The third kappa shape index (κ3) is 3.97. The first-order valence-electron chi connectivity index (χ1n) is 7.34. The first-order chi connectivity index (χ1) is 11.1. The number of halogens is 3. The summed E-state index contributed by atoms with van der Waals surface area (Å²) in [4.78, 5) is 12.3. The molecule has 1 atom stereocenters. The lowest BCUT2D eigenvalue weighted by molar-refractivity contribution is 0.581. The molecule has 9 heteroatoms. The minimum absolute atomic E-state index is 0. The quantitative estimate of drug-likeness (QED) is 0.553. The number of rotatable bonds is 6. The van der Waals surface area contributed by atoms with Crippen LogP contribution in [0.2, 0.25) is 5.28 Å². The average molecular weight is 390 g/mol. The molecule has 0 aromatic carbocycles. The van der Waals surface area contributed by atoms with Crippen molar-refractivity contribution >= 4 is 52.2 Å². The summed E-state index contributed by atoms with van der Waals surface area (Å²) >= 11 is 7.57. The van der Waals surface area contributed by atoms with Crippen molar-refractivity contribution in [2.75, 3.05) is 5.32 Å². The van der Waals surface area contributed by atoms with Gasteiger partial charge in [-0.3, -0.25) is 0 Å². The second kappa shape index (κ2) is 8.11. The fourth-order valence-corrected chi connectivity index (χ4v) is 3.15. The maximum atomic E-state index is 14.7. The smallest absolute Gasteiger partial charge is 0.226 e. The summed E-state index contributed by atoms with van der Waals surface area (Å²) in [5.74, 6) is 0.0210. The van der Waals surface area contributed by atoms with Gasteiger partial charge in [-0.2, -0.15) is 9.97 Å². The maximum absolute atomic E-state index is 14.7. The molecule has 0 fully saturated rings. The normalized spacial score (nSPS) is 12.2. The Labute approximate surface area is 154 Å². The zero-order valence-electron chi connectivity index (χ0n) is 13.0. The predicted octanol–water partition coefficient (Wildman–Crippen LogP) is 4.13. The Morgan fingerprint density at radius 3 is 2.92 bits per heavy atom. The highest BCUT2D eigenvalue weighted by molar-refractivity contribution is 7.09. The molecule has 0 unspecified atom stereocenters. The number of hydrogen-bond donors (Lipinski definition) is 3. The highest BCUT2D eigenvalue weighted by Crippen LogP contribution is 2.28. The van der Waals surface area contributed by atoms with E-state index in [9.17, 15) is 4.39 Å². The zero-order valence-corrected chi connectivity index (χ0v) is 15.4. The van der Waals surface area contributed by atoms with Gasteiger partial charge in [0.15, 0.2) is 5.82 Å². The molecule has 0 spiro atoms. The highest BCUT2D eigenvalue weighted by atomic mass is 35.5. The van der Waals surface area contributed by atoms with E-state index in [-0.39, 0.29) is 29.5 Å². The van der Waals surface area contributed by atoms with E-state index in [1.165, 1.54) is 0 Å². The molecule has 3 rings (SSSR count). The van der Waals surface area contributed by atoms with Crippen molar-refractivity contribution < 1.29 is 4.39 Å². The van der Waals surface area contributed by atoms with Crippen molar-refractivity contribution in [2.45, 2.75) is 32.4 Å². The van der Waals surface area contributed by atoms with Crippen molar-refractivity contribution in [3.63, 3.8) is 0 Å². The fraction of sp³-hybridized carbons (Fsp3) is 0.333. The van der Waals surface area contributed by atoms with Crippen molar-refractivity contribution in [1.29, 1.82) is 0 Å².